The van der Waals surface area contributed by atoms with Gasteiger partial charge >= 0.3 is 0 Å². The van der Waals surface area contributed by atoms with Gasteiger partial charge < -0.3 is 10.6 Å². The zero-order valence-corrected chi connectivity index (χ0v) is 12.1. The van der Waals surface area contributed by atoms with Gasteiger partial charge in [-0.15, -0.1) is 0 Å². The summed E-state index contributed by atoms with van der Waals surface area (Å²) in [6.07, 6.45) is 2.59. The average molecular weight is 295 g/mol. The molecule has 5 nitrogen and oxygen atoms in total. The number of carbonyl (C=O) groups is 2. The van der Waals surface area contributed by atoms with Crippen molar-refractivity contribution in [3.8, 4) is 0 Å². The number of benzene rings is 1. The summed E-state index contributed by atoms with van der Waals surface area (Å²) >= 11 is 0. The van der Waals surface area contributed by atoms with Gasteiger partial charge in [-0.2, -0.15) is 0 Å². The van der Waals surface area contributed by atoms with Crippen LogP contribution >= 0.6 is 0 Å². The normalized spacial score (nSPS) is 16.0. The van der Waals surface area contributed by atoms with Crippen molar-refractivity contribution in [1.82, 2.24) is 10.3 Å². The molecule has 2 amide bonds. The van der Waals surface area contributed by atoms with Crippen molar-refractivity contribution in [3.05, 3.63) is 59.9 Å². The fourth-order valence-electron chi connectivity index (χ4n) is 2.61. The van der Waals surface area contributed by atoms with E-state index in [1.165, 1.54) is 0 Å². The molecule has 112 valence electrons. The molecular weight excluding hydrogens is 278 g/mol. The Kier molecular flexibility index (Phi) is 4.14. The first-order chi connectivity index (χ1) is 10.7. The predicted molar refractivity (Wildman–Crippen MR) is 83.4 cm³/mol. The van der Waals surface area contributed by atoms with Crippen LogP contribution in [0.2, 0.25) is 0 Å². The Hall–Kier alpha value is -2.69. The number of anilines is 1. The first-order valence-corrected chi connectivity index (χ1v) is 7.30. The molecule has 2 N–H and O–H groups in total. The van der Waals surface area contributed by atoms with E-state index in [0.29, 0.717) is 13.0 Å². The lowest BCUT2D eigenvalue weighted by Gasteiger charge is -2.09. The number of rotatable bonds is 5. The van der Waals surface area contributed by atoms with Crippen molar-refractivity contribution in [3.63, 3.8) is 0 Å². The first kappa shape index (κ1) is 14.3. The zero-order valence-electron chi connectivity index (χ0n) is 12.1. The van der Waals surface area contributed by atoms with Crippen molar-refractivity contribution in [2.75, 3.05) is 11.9 Å². The van der Waals surface area contributed by atoms with Crippen LogP contribution < -0.4 is 10.6 Å². The molecule has 0 spiro atoms. The average Bonchev–Trinajstić information content (AvgIpc) is 2.84. The second-order valence-electron chi connectivity index (χ2n) is 5.25. The van der Waals surface area contributed by atoms with Crippen LogP contribution in [0.5, 0.6) is 0 Å². The van der Waals surface area contributed by atoms with Crippen LogP contribution in [0.1, 0.15) is 23.6 Å². The molecule has 5 heteroatoms. The highest BCUT2D eigenvalue weighted by molar-refractivity contribution is 6.04. The third kappa shape index (κ3) is 3.14. The molecule has 0 saturated carbocycles. The number of nitrogens with zero attached hydrogens (tertiary/aromatic N) is 1. The molecular formula is C17H17N3O2. The van der Waals surface area contributed by atoms with Gasteiger partial charge in [0.2, 0.25) is 11.8 Å². The number of fused-ring (bicyclic) bond motifs is 1. The summed E-state index contributed by atoms with van der Waals surface area (Å²) in [5, 5.41) is 5.66. The minimum Gasteiger partial charge on any atom is -0.356 e. The van der Waals surface area contributed by atoms with E-state index in [9.17, 15) is 9.59 Å². The number of hydrogen-bond acceptors (Lipinski definition) is 3. The highest BCUT2D eigenvalue weighted by Gasteiger charge is 2.31. The molecule has 1 aromatic carbocycles. The van der Waals surface area contributed by atoms with Gasteiger partial charge in [-0.1, -0.05) is 24.3 Å². The molecule has 0 aliphatic carbocycles. The number of para-hydroxylation sites is 1. The van der Waals surface area contributed by atoms with Gasteiger partial charge in [0.15, 0.2) is 0 Å². The minimum atomic E-state index is -0.397. The molecule has 0 bridgehead atoms. The van der Waals surface area contributed by atoms with Crippen LogP contribution in [0.3, 0.4) is 0 Å². The van der Waals surface area contributed by atoms with E-state index in [2.05, 4.69) is 15.6 Å². The van der Waals surface area contributed by atoms with E-state index in [1.54, 1.807) is 6.20 Å². The maximum Gasteiger partial charge on any atom is 0.232 e. The number of nitrogens with one attached hydrogen (secondary N) is 2. The molecule has 3 rings (SSSR count). The summed E-state index contributed by atoms with van der Waals surface area (Å²) in [4.78, 5) is 28.2. The van der Waals surface area contributed by atoms with Crippen molar-refractivity contribution in [2.45, 2.75) is 18.8 Å². The lowest BCUT2D eigenvalue weighted by atomic mass is 9.97. The zero-order chi connectivity index (χ0) is 15.4. The van der Waals surface area contributed by atoms with Crippen LogP contribution in [0.4, 0.5) is 5.69 Å². The Balaban J connectivity index is 1.53. The van der Waals surface area contributed by atoms with Gasteiger partial charge in [-0.05, 0) is 23.8 Å². The summed E-state index contributed by atoms with van der Waals surface area (Å²) < 4.78 is 0. The van der Waals surface area contributed by atoms with E-state index >= 15 is 0 Å². The largest absolute Gasteiger partial charge is 0.356 e. The Morgan fingerprint density at radius 3 is 2.82 bits per heavy atom. The SMILES string of the molecule is O=C(CC1C(=O)Nc2ccccc21)NCCc1ccccn1. The molecule has 1 atom stereocenters. The van der Waals surface area contributed by atoms with Crippen molar-refractivity contribution in [2.24, 2.45) is 0 Å². The number of pyridine rings is 1. The highest BCUT2D eigenvalue weighted by atomic mass is 16.2. The topological polar surface area (TPSA) is 71.1 Å². The third-order valence-corrected chi connectivity index (χ3v) is 3.73. The smallest absolute Gasteiger partial charge is 0.232 e. The lowest BCUT2D eigenvalue weighted by molar-refractivity contribution is -0.125. The van der Waals surface area contributed by atoms with E-state index in [0.717, 1.165) is 16.9 Å². The molecule has 2 aromatic rings. The molecule has 1 aliphatic rings. The third-order valence-electron chi connectivity index (χ3n) is 3.73. The molecule has 1 aromatic heterocycles. The number of aromatic nitrogens is 1. The Bertz CT molecular complexity index is 685. The number of amides is 2. The monoisotopic (exact) mass is 295 g/mol. The first-order valence-electron chi connectivity index (χ1n) is 7.30. The van der Waals surface area contributed by atoms with Crippen LogP contribution in [0.15, 0.2) is 48.7 Å². The molecule has 1 aliphatic heterocycles. The maximum atomic E-state index is 12.0. The minimum absolute atomic E-state index is 0.110. The van der Waals surface area contributed by atoms with Gasteiger partial charge in [0, 0.05) is 37.0 Å². The van der Waals surface area contributed by atoms with Gasteiger partial charge in [-0.3, -0.25) is 14.6 Å². The van der Waals surface area contributed by atoms with Crippen LogP contribution in [0, 0.1) is 0 Å². The maximum absolute atomic E-state index is 12.0. The Morgan fingerprint density at radius 2 is 2.00 bits per heavy atom. The second-order valence-corrected chi connectivity index (χ2v) is 5.25. The van der Waals surface area contributed by atoms with Crippen molar-refractivity contribution in [1.29, 1.82) is 0 Å². The second kappa shape index (κ2) is 6.39. The molecule has 0 saturated heterocycles. The molecule has 0 fully saturated rings. The van der Waals surface area contributed by atoms with Crippen molar-refractivity contribution >= 4 is 17.5 Å². The summed E-state index contributed by atoms with van der Waals surface area (Å²) in [6.45, 7) is 0.520. The Morgan fingerprint density at radius 1 is 1.18 bits per heavy atom. The van der Waals surface area contributed by atoms with Crippen molar-refractivity contribution < 1.29 is 9.59 Å². The molecule has 22 heavy (non-hydrogen) atoms. The molecule has 1 unspecified atom stereocenters. The van der Waals surface area contributed by atoms with E-state index in [4.69, 9.17) is 0 Å². The van der Waals surface area contributed by atoms with Crippen LogP contribution in [-0.4, -0.2) is 23.3 Å². The predicted octanol–water partition coefficient (Wildman–Crippen LogP) is 1.87. The van der Waals surface area contributed by atoms with E-state index in [-0.39, 0.29) is 18.2 Å². The fraction of sp³-hybridized carbons (Fsp3) is 0.235. The number of carbonyl (C=O) groups excluding carboxylic acids is 2. The summed E-state index contributed by atoms with van der Waals surface area (Å²) in [5.74, 6) is -0.625. The summed E-state index contributed by atoms with van der Waals surface area (Å²) in [5.41, 5.74) is 2.64. The van der Waals surface area contributed by atoms with Gasteiger partial charge in [0.05, 0.1) is 5.92 Å². The molecule has 2 heterocycles. The van der Waals surface area contributed by atoms with E-state index in [1.807, 2.05) is 42.5 Å². The van der Waals surface area contributed by atoms with Crippen LogP contribution in [0.25, 0.3) is 0 Å². The highest BCUT2D eigenvalue weighted by Crippen LogP contribution is 2.34. The Labute approximate surface area is 128 Å². The fourth-order valence-corrected chi connectivity index (χ4v) is 2.61. The van der Waals surface area contributed by atoms with E-state index < -0.39 is 5.92 Å². The number of hydrogen-bond donors (Lipinski definition) is 2. The van der Waals surface area contributed by atoms with Gasteiger partial charge in [-0.25, -0.2) is 0 Å². The lowest BCUT2D eigenvalue weighted by Crippen LogP contribution is -2.28. The standard InChI is InChI=1S/C17H17N3O2/c21-16(19-10-8-12-5-3-4-9-18-12)11-14-13-6-1-2-7-15(13)20-17(14)22/h1-7,9,14H,8,10-11H2,(H,19,21)(H,20,22). The quantitative estimate of drug-likeness (QED) is 0.884. The van der Waals surface area contributed by atoms with Crippen LogP contribution in [-0.2, 0) is 16.0 Å². The molecule has 0 radical (unpaired) electrons. The summed E-state index contributed by atoms with van der Waals surface area (Å²) in [6, 6.07) is 13.2. The summed E-state index contributed by atoms with van der Waals surface area (Å²) in [7, 11) is 0. The van der Waals surface area contributed by atoms with Gasteiger partial charge in [0.25, 0.3) is 0 Å². The van der Waals surface area contributed by atoms with Gasteiger partial charge in [0.1, 0.15) is 0 Å².